The van der Waals surface area contributed by atoms with Gasteiger partial charge in [-0.25, -0.2) is 4.79 Å². The summed E-state index contributed by atoms with van der Waals surface area (Å²) in [6.45, 7) is 2.08. The molecule has 0 aliphatic carbocycles. The predicted molar refractivity (Wildman–Crippen MR) is 113 cm³/mol. The fourth-order valence-electron chi connectivity index (χ4n) is 2.94. The summed E-state index contributed by atoms with van der Waals surface area (Å²) in [6, 6.07) is 15.6. The first-order valence-electron chi connectivity index (χ1n) is 8.84. The van der Waals surface area contributed by atoms with Crippen LogP contribution in [0.3, 0.4) is 0 Å². The molecule has 28 heavy (non-hydrogen) atoms. The number of hydrogen-bond donors (Lipinski definition) is 2. The molecule has 0 atom stereocenters. The molecule has 2 aromatic heterocycles. The third-order valence-corrected chi connectivity index (χ3v) is 5.48. The zero-order valence-corrected chi connectivity index (χ0v) is 16.3. The number of benzene rings is 2. The molecular formula is C21H19N3O3S. The van der Waals surface area contributed by atoms with E-state index in [-0.39, 0.29) is 0 Å². The zero-order chi connectivity index (χ0) is 19.5. The number of rotatable bonds is 6. The summed E-state index contributed by atoms with van der Waals surface area (Å²) >= 11 is 1.59. The molecule has 0 amide bonds. The van der Waals surface area contributed by atoms with Crippen molar-refractivity contribution in [3.8, 4) is 5.75 Å². The topological polar surface area (TPSA) is 72.5 Å². The van der Waals surface area contributed by atoms with Crippen LogP contribution in [-0.2, 0) is 4.74 Å². The Kier molecular flexibility index (Phi) is 4.99. The fourth-order valence-corrected chi connectivity index (χ4v) is 4.11. The van der Waals surface area contributed by atoms with Crippen LogP contribution in [0.1, 0.15) is 17.3 Å². The van der Waals surface area contributed by atoms with Gasteiger partial charge in [0.05, 0.1) is 35.3 Å². The number of carbonyl (C=O) groups excluding carboxylic acids is 1. The molecule has 0 saturated carbocycles. The van der Waals surface area contributed by atoms with Gasteiger partial charge in [0.15, 0.2) is 0 Å². The van der Waals surface area contributed by atoms with Gasteiger partial charge in [-0.1, -0.05) is 18.2 Å². The van der Waals surface area contributed by atoms with Crippen LogP contribution in [0, 0.1) is 0 Å². The first-order chi connectivity index (χ1) is 13.7. The molecule has 0 fully saturated rings. The van der Waals surface area contributed by atoms with Crippen LogP contribution < -0.4 is 15.6 Å². The van der Waals surface area contributed by atoms with Gasteiger partial charge in [0.25, 0.3) is 0 Å². The van der Waals surface area contributed by atoms with Crippen LogP contribution >= 0.6 is 11.3 Å². The van der Waals surface area contributed by atoms with Crippen molar-refractivity contribution in [1.29, 1.82) is 0 Å². The Balaban J connectivity index is 1.77. The normalized spacial score (nSPS) is 10.8. The molecule has 0 aliphatic heterocycles. The van der Waals surface area contributed by atoms with Crippen molar-refractivity contribution >= 4 is 49.0 Å². The van der Waals surface area contributed by atoms with E-state index in [1.807, 2.05) is 48.5 Å². The third kappa shape index (κ3) is 3.32. The van der Waals surface area contributed by atoms with Gasteiger partial charge < -0.3 is 14.9 Å². The van der Waals surface area contributed by atoms with Gasteiger partial charge in [-0.15, -0.1) is 11.3 Å². The highest BCUT2D eigenvalue weighted by atomic mass is 32.1. The number of ether oxygens (including phenoxy) is 2. The van der Waals surface area contributed by atoms with Gasteiger partial charge in [0.2, 0.25) is 0 Å². The Morgan fingerprint density at radius 3 is 2.64 bits per heavy atom. The monoisotopic (exact) mass is 393 g/mol. The maximum atomic E-state index is 12.5. The number of hydrazine groups is 1. The van der Waals surface area contributed by atoms with Crippen molar-refractivity contribution in [2.75, 3.05) is 24.6 Å². The van der Waals surface area contributed by atoms with Gasteiger partial charge >= 0.3 is 5.97 Å². The second-order valence-corrected chi connectivity index (χ2v) is 7.07. The average molecular weight is 393 g/mol. The number of thiophene rings is 1. The standard InChI is InChI=1S/C21H19N3O3S/c1-3-27-21(25)16-12-22-18-15-6-4-5-7-17(15)28-20(18)19(16)24-23-13-8-10-14(26-2)11-9-13/h4-12,23H,3H2,1-2H3,(H,22,24). The van der Waals surface area contributed by atoms with Crippen LogP contribution in [0.15, 0.2) is 54.7 Å². The summed E-state index contributed by atoms with van der Waals surface area (Å²) in [7, 11) is 1.63. The minimum atomic E-state index is -0.409. The molecule has 4 rings (SSSR count). The van der Waals surface area contributed by atoms with E-state index in [0.29, 0.717) is 17.9 Å². The van der Waals surface area contributed by atoms with E-state index < -0.39 is 5.97 Å². The molecule has 6 nitrogen and oxygen atoms in total. The Bertz CT molecular complexity index is 1140. The number of methoxy groups -OCH3 is 1. The number of nitrogens with zero attached hydrogens (tertiary/aromatic N) is 1. The van der Waals surface area contributed by atoms with Crippen LogP contribution in [0.25, 0.3) is 20.3 Å². The molecule has 0 saturated heterocycles. The molecule has 2 N–H and O–H groups in total. The Morgan fingerprint density at radius 2 is 1.89 bits per heavy atom. The molecule has 142 valence electrons. The van der Waals surface area contributed by atoms with Gasteiger partial charge in [-0.3, -0.25) is 10.4 Å². The lowest BCUT2D eigenvalue weighted by Crippen LogP contribution is -2.14. The van der Waals surface area contributed by atoms with Gasteiger partial charge in [0.1, 0.15) is 11.3 Å². The molecule has 2 aromatic carbocycles. The maximum Gasteiger partial charge on any atom is 0.341 e. The lowest BCUT2D eigenvalue weighted by molar-refractivity contribution is 0.0527. The van der Waals surface area contributed by atoms with Crippen LogP contribution in [0.2, 0.25) is 0 Å². The van der Waals surface area contributed by atoms with Crippen LogP contribution in [0.4, 0.5) is 11.4 Å². The van der Waals surface area contributed by atoms with Crippen molar-refractivity contribution in [3.05, 3.63) is 60.3 Å². The summed E-state index contributed by atoms with van der Waals surface area (Å²) in [4.78, 5) is 17.0. The Morgan fingerprint density at radius 1 is 1.11 bits per heavy atom. The van der Waals surface area contributed by atoms with Crippen LogP contribution in [0.5, 0.6) is 5.75 Å². The number of fused-ring (bicyclic) bond motifs is 3. The fraction of sp³-hybridized carbons (Fsp3) is 0.143. The highest BCUT2D eigenvalue weighted by Crippen LogP contribution is 2.38. The number of aromatic nitrogens is 1. The second kappa shape index (κ2) is 7.74. The molecule has 2 heterocycles. The van der Waals surface area contributed by atoms with Crippen molar-refractivity contribution < 1.29 is 14.3 Å². The minimum absolute atomic E-state index is 0.300. The van der Waals surface area contributed by atoms with Crippen molar-refractivity contribution in [2.24, 2.45) is 0 Å². The number of carbonyl (C=O) groups is 1. The molecule has 0 radical (unpaired) electrons. The molecule has 0 aliphatic rings. The van der Waals surface area contributed by atoms with Gasteiger partial charge in [-0.2, -0.15) is 0 Å². The zero-order valence-electron chi connectivity index (χ0n) is 15.5. The highest BCUT2D eigenvalue weighted by Gasteiger charge is 2.19. The number of esters is 1. The van der Waals surface area contributed by atoms with Crippen molar-refractivity contribution in [3.63, 3.8) is 0 Å². The summed E-state index contributed by atoms with van der Waals surface area (Å²) in [5.41, 5.74) is 9.07. The molecule has 0 spiro atoms. The SMILES string of the molecule is CCOC(=O)c1cnc2c(sc3ccccc32)c1NNc1ccc(OC)cc1. The van der Waals surface area contributed by atoms with E-state index in [4.69, 9.17) is 9.47 Å². The first-order valence-corrected chi connectivity index (χ1v) is 9.66. The predicted octanol–water partition coefficient (Wildman–Crippen LogP) is 5.07. The Hall–Kier alpha value is -3.32. The van der Waals surface area contributed by atoms with Gasteiger partial charge in [-0.05, 0) is 37.3 Å². The van der Waals surface area contributed by atoms with E-state index >= 15 is 0 Å². The number of pyridine rings is 1. The van der Waals surface area contributed by atoms with E-state index in [9.17, 15) is 4.79 Å². The minimum Gasteiger partial charge on any atom is -0.497 e. The number of hydrogen-bond acceptors (Lipinski definition) is 7. The highest BCUT2D eigenvalue weighted by molar-refractivity contribution is 7.26. The summed E-state index contributed by atoms with van der Waals surface area (Å²) in [6.07, 6.45) is 1.57. The maximum absolute atomic E-state index is 12.5. The second-order valence-electron chi connectivity index (χ2n) is 6.02. The average Bonchev–Trinajstić information content (AvgIpc) is 3.11. The molecular weight excluding hydrogens is 374 g/mol. The number of nitrogens with one attached hydrogen (secondary N) is 2. The van der Waals surface area contributed by atoms with Crippen molar-refractivity contribution in [1.82, 2.24) is 4.98 Å². The van der Waals surface area contributed by atoms with Gasteiger partial charge in [0, 0.05) is 16.3 Å². The van der Waals surface area contributed by atoms with Crippen molar-refractivity contribution in [2.45, 2.75) is 6.92 Å². The molecule has 4 aromatic rings. The van der Waals surface area contributed by atoms with E-state index in [1.165, 1.54) is 0 Å². The van der Waals surface area contributed by atoms with E-state index in [1.54, 1.807) is 31.6 Å². The summed E-state index contributed by atoms with van der Waals surface area (Å²) < 4.78 is 12.4. The summed E-state index contributed by atoms with van der Waals surface area (Å²) in [5, 5.41) is 1.06. The van der Waals surface area contributed by atoms with E-state index in [2.05, 4.69) is 15.8 Å². The lowest BCUT2D eigenvalue weighted by atomic mass is 10.2. The summed E-state index contributed by atoms with van der Waals surface area (Å²) in [5.74, 6) is 0.363. The molecule has 0 bridgehead atoms. The Labute approximate surface area is 166 Å². The lowest BCUT2D eigenvalue weighted by Gasteiger charge is -2.14. The van der Waals surface area contributed by atoms with E-state index in [0.717, 1.165) is 31.7 Å². The smallest absolute Gasteiger partial charge is 0.341 e. The third-order valence-electron chi connectivity index (χ3n) is 4.31. The first kappa shape index (κ1) is 18.1. The van der Waals surface area contributed by atoms with Crippen LogP contribution in [-0.4, -0.2) is 24.7 Å². The molecule has 0 unspecified atom stereocenters. The number of anilines is 2. The quantitative estimate of drug-likeness (QED) is 0.352. The molecule has 7 heteroatoms. The largest absolute Gasteiger partial charge is 0.497 e.